The number of aromatic nitrogens is 1. The van der Waals surface area contributed by atoms with E-state index in [-0.39, 0.29) is 5.82 Å². The Balaban J connectivity index is 0.000000261. The highest BCUT2D eigenvalue weighted by molar-refractivity contribution is 5.02. The van der Waals surface area contributed by atoms with Crippen molar-refractivity contribution < 1.29 is 4.39 Å². The average Bonchev–Trinajstić information content (AvgIpc) is 2.11. The summed E-state index contributed by atoms with van der Waals surface area (Å²) >= 11 is 0. The molecule has 0 saturated heterocycles. The maximum Gasteiger partial charge on any atom is 0.141 e. The zero-order valence-corrected chi connectivity index (χ0v) is 7.97. The lowest BCUT2D eigenvalue weighted by Crippen LogP contribution is -1.79. The lowest BCUT2D eigenvalue weighted by Gasteiger charge is -1.86. The van der Waals surface area contributed by atoms with Gasteiger partial charge >= 0.3 is 0 Å². The van der Waals surface area contributed by atoms with E-state index in [9.17, 15) is 4.39 Å². The predicted molar refractivity (Wildman–Crippen MR) is 49.5 cm³/mol. The molecule has 0 spiro atoms. The van der Waals surface area contributed by atoms with Crippen LogP contribution >= 0.6 is 0 Å². The predicted octanol–water partition coefficient (Wildman–Crippen LogP) is 3.34. The molecule has 0 aliphatic heterocycles. The highest BCUT2D eigenvalue weighted by atomic mass is 19.1. The van der Waals surface area contributed by atoms with E-state index in [1.54, 1.807) is 6.07 Å². The molecule has 0 atom stereocenters. The Kier molecular flexibility index (Phi) is 6.25. The van der Waals surface area contributed by atoms with Crippen molar-refractivity contribution in [2.75, 3.05) is 0 Å². The standard InChI is InChI=1S/C6H6FN.C4H10/c1-5-2-3-6(7)4-8-5;1-3-4-2/h2-4H,1H3;3-4H2,1-2H3. The van der Waals surface area contributed by atoms with Crippen LogP contribution in [0.3, 0.4) is 0 Å². The zero-order chi connectivity index (χ0) is 9.40. The van der Waals surface area contributed by atoms with Crippen LogP contribution in [-0.2, 0) is 0 Å². The van der Waals surface area contributed by atoms with Crippen LogP contribution in [0.2, 0.25) is 0 Å². The van der Waals surface area contributed by atoms with Crippen molar-refractivity contribution in [3.63, 3.8) is 0 Å². The highest BCUT2D eigenvalue weighted by Gasteiger charge is 1.84. The van der Waals surface area contributed by atoms with Gasteiger partial charge in [0.2, 0.25) is 0 Å². The Hall–Kier alpha value is -0.920. The van der Waals surface area contributed by atoms with E-state index in [1.165, 1.54) is 25.1 Å². The van der Waals surface area contributed by atoms with Gasteiger partial charge in [0.25, 0.3) is 0 Å². The summed E-state index contributed by atoms with van der Waals surface area (Å²) in [5, 5.41) is 0. The fraction of sp³-hybridized carbons (Fsp3) is 0.500. The van der Waals surface area contributed by atoms with Crippen molar-refractivity contribution in [1.29, 1.82) is 0 Å². The molecule has 0 N–H and O–H groups in total. The Bertz CT molecular complexity index is 170. The molecule has 0 aliphatic rings. The quantitative estimate of drug-likeness (QED) is 0.628. The second-order valence-electron chi connectivity index (χ2n) is 2.62. The molecule has 0 bridgehead atoms. The van der Waals surface area contributed by atoms with Crippen LogP contribution in [0.25, 0.3) is 0 Å². The molecule has 0 fully saturated rings. The molecule has 0 aromatic carbocycles. The van der Waals surface area contributed by atoms with Crippen LogP contribution in [0, 0.1) is 12.7 Å². The molecule has 1 heterocycles. The molecule has 0 aliphatic carbocycles. The lowest BCUT2D eigenvalue weighted by molar-refractivity contribution is 0.620. The minimum atomic E-state index is -0.282. The number of hydrogen-bond donors (Lipinski definition) is 0. The van der Waals surface area contributed by atoms with E-state index < -0.39 is 0 Å². The van der Waals surface area contributed by atoms with Gasteiger partial charge in [-0.2, -0.15) is 0 Å². The summed E-state index contributed by atoms with van der Waals surface area (Å²) < 4.78 is 12.0. The molecule has 2 heteroatoms. The molecule has 0 saturated carbocycles. The zero-order valence-electron chi connectivity index (χ0n) is 7.97. The average molecular weight is 169 g/mol. The molecule has 68 valence electrons. The SMILES string of the molecule is CCCC.Cc1ccc(F)cn1. The van der Waals surface area contributed by atoms with E-state index in [1.807, 2.05) is 6.92 Å². The summed E-state index contributed by atoms with van der Waals surface area (Å²) in [5.41, 5.74) is 0.839. The number of halogens is 1. The first kappa shape index (κ1) is 11.1. The summed E-state index contributed by atoms with van der Waals surface area (Å²) in [6.45, 7) is 6.18. The summed E-state index contributed by atoms with van der Waals surface area (Å²) in [6, 6.07) is 3.03. The Labute approximate surface area is 73.6 Å². The second kappa shape index (κ2) is 6.77. The van der Waals surface area contributed by atoms with Gasteiger partial charge in [-0.25, -0.2) is 4.39 Å². The molecule has 1 aromatic rings. The molecular formula is C10H16FN. The summed E-state index contributed by atoms with van der Waals surface area (Å²) in [5.74, 6) is -0.282. The molecule has 1 aromatic heterocycles. The highest BCUT2D eigenvalue weighted by Crippen LogP contribution is 1.94. The van der Waals surface area contributed by atoms with Crippen molar-refractivity contribution in [1.82, 2.24) is 4.98 Å². The topological polar surface area (TPSA) is 12.9 Å². The first-order valence-corrected chi connectivity index (χ1v) is 4.28. The summed E-state index contributed by atoms with van der Waals surface area (Å²) in [6.07, 6.45) is 3.84. The monoisotopic (exact) mass is 169 g/mol. The molecule has 0 amide bonds. The maximum absolute atomic E-state index is 12.0. The van der Waals surface area contributed by atoms with Crippen LogP contribution in [0.1, 0.15) is 32.4 Å². The molecule has 12 heavy (non-hydrogen) atoms. The third-order valence-corrected chi connectivity index (χ3v) is 1.38. The molecule has 1 nitrogen and oxygen atoms in total. The van der Waals surface area contributed by atoms with Crippen molar-refractivity contribution >= 4 is 0 Å². The minimum absolute atomic E-state index is 0.282. The number of unbranched alkanes of at least 4 members (excludes halogenated alkanes) is 1. The van der Waals surface area contributed by atoms with Crippen LogP contribution < -0.4 is 0 Å². The maximum atomic E-state index is 12.0. The van der Waals surface area contributed by atoms with E-state index in [4.69, 9.17) is 0 Å². The van der Waals surface area contributed by atoms with Gasteiger partial charge in [-0.1, -0.05) is 26.7 Å². The van der Waals surface area contributed by atoms with Gasteiger partial charge in [0.05, 0.1) is 6.20 Å². The molecule has 0 radical (unpaired) electrons. The Morgan fingerprint density at radius 3 is 2.08 bits per heavy atom. The van der Waals surface area contributed by atoms with Crippen molar-refractivity contribution in [2.24, 2.45) is 0 Å². The van der Waals surface area contributed by atoms with Gasteiger partial charge in [-0.3, -0.25) is 4.98 Å². The normalized spacial score (nSPS) is 8.67. The first-order chi connectivity index (χ1) is 5.70. The van der Waals surface area contributed by atoms with Gasteiger partial charge < -0.3 is 0 Å². The molecule has 0 unspecified atom stereocenters. The Morgan fingerprint density at radius 1 is 1.25 bits per heavy atom. The van der Waals surface area contributed by atoms with Crippen LogP contribution in [-0.4, -0.2) is 4.98 Å². The summed E-state index contributed by atoms with van der Waals surface area (Å²) in [7, 11) is 0. The third-order valence-electron chi connectivity index (χ3n) is 1.38. The largest absolute Gasteiger partial charge is 0.259 e. The van der Waals surface area contributed by atoms with Crippen molar-refractivity contribution in [3.05, 3.63) is 29.8 Å². The number of aryl methyl sites for hydroxylation is 1. The Morgan fingerprint density at radius 2 is 1.83 bits per heavy atom. The number of nitrogens with zero attached hydrogens (tertiary/aromatic N) is 1. The lowest BCUT2D eigenvalue weighted by atomic mass is 10.4. The third kappa shape index (κ3) is 5.83. The van der Waals surface area contributed by atoms with Crippen molar-refractivity contribution in [2.45, 2.75) is 33.6 Å². The van der Waals surface area contributed by atoms with Gasteiger partial charge in [-0.15, -0.1) is 0 Å². The summed E-state index contributed by atoms with van der Waals surface area (Å²) in [4.78, 5) is 3.70. The van der Waals surface area contributed by atoms with Crippen molar-refractivity contribution in [3.8, 4) is 0 Å². The van der Waals surface area contributed by atoms with E-state index in [0.717, 1.165) is 5.69 Å². The van der Waals surface area contributed by atoms with Gasteiger partial charge in [0, 0.05) is 5.69 Å². The molecular weight excluding hydrogens is 153 g/mol. The van der Waals surface area contributed by atoms with Crippen LogP contribution in [0.15, 0.2) is 18.3 Å². The van der Waals surface area contributed by atoms with E-state index in [2.05, 4.69) is 18.8 Å². The van der Waals surface area contributed by atoms with E-state index >= 15 is 0 Å². The second-order valence-corrected chi connectivity index (χ2v) is 2.62. The smallest absolute Gasteiger partial charge is 0.141 e. The number of rotatable bonds is 1. The fourth-order valence-electron chi connectivity index (χ4n) is 0.450. The first-order valence-electron chi connectivity index (χ1n) is 4.28. The van der Waals surface area contributed by atoms with Gasteiger partial charge in [0.1, 0.15) is 5.82 Å². The van der Waals surface area contributed by atoms with Crippen LogP contribution in [0.5, 0.6) is 0 Å². The number of pyridine rings is 1. The number of hydrogen-bond acceptors (Lipinski definition) is 1. The minimum Gasteiger partial charge on any atom is -0.259 e. The molecule has 1 rings (SSSR count). The van der Waals surface area contributed by atoms with Gasteiger partial charge in [0.15, 0.2) is 0 Å². The van der Waals surface area contributed by atoms with Crippen LogP contribution in [0.4, 0.5) is 4.39 Å². The van der Waals surface area contributed by atoms with Gasteiger partial charge in [-0.05, 0) is 19.1 Å². The fourth-order valence-corrected chi connectivity index (χ4v) is 0.450. The van der Waals surface area contributed by atoms with E-state index in [0.29, 0.717) is 0 Å².